The van der Waals surface area contributed by atoms with Crippen molar-refractivity contribution < 1.29 is 19.4 Å². The fourth-order valence-corrected chi connectivity index (χ4v) is 1.62. The number of rotatable bonds is 4. The highest BCUT2D eigenvalue weighted by atomic mass is 35.5. The van der Waals surface area contributed by atoms with Crippen LogP contribution in [0.2, 0.25) is 0 Å². The van der Waals surface area contributed by atoms with Crippen molar-refractivity contribution in [1.82, 2.24) is 0 Å². The first-order valence-corrected chi connectivity index (χ1v) is 4.88. The molecule has 1 aromatic rings. The van der Waals surface area contributed by atoms with Crippen molar-refractivity contribution in [3.8, 4) is 0 Å². The monoisotopic (exact) mass is 292 g/mol. The SMILES string of the molecule is O=C(Cl)c1ccc([N+](=O)[O-])c([N+](=O)[O-])c1C(=O)Cl. The van der Waals surface area contributed by atoms with Gasteiger partial charge in [0.25, 0.3) is 10.5 Å². The topological polar surface area (TPSA) is 120 Å². The maximum atomic E-state index is 11.1. The smallest absolute Gasteiger partial charge is 0.276 e. The minimum atomic E-state index is -1.38. The molecule has 0 saturated carbocycles. The highest BCUT2D eigenvalue weighted by Gasteiger charge is 2.35. The normalized spacial score (nSPS) is 9.89. The number of carbonyl (C=O) groups is 2. The molecule has 94 valence electrons. The summed E-state index contributed by atoms with van der Waals surface area (Å²) in [5.74, 6) is 0. The quantitative estimate of drug-likeness (QED) is 0.477. The van der Waals surface area contributed by atoms with Gasteiger partial charge in [-0.3, -0.25) is 29.8 Å². The Kier molecular flexibility index (Phi) is 3.94. The molecule has 0 bridgehead atoms. The zero-order valence-electron chi connectivity index (χ0n) is 8.25. The van der Waals surface area contributed by atoms with Crippen molar-refractivity contribution in [2.45, 2.75) is 0 Å². The molecule has 0 amide bonds. The second kappa shape index (κ2) is 5.07. The Bertz CT molecular complexity index is 534. The zero-order valence-corrected chi connectivity index (χ0v) is 9.77. The average molecular weight is 293 g/mol. The second-order valence-corrected chi connectivity index (χ2v) is 3.60. The van der Waals surface area contributed by atoms with Crippen LogP contribution < -0.4 is 0 Å². The van der Waals surface area contributed by atoms with Crippen molar-refractivity contribution in [3.05, 3.63) is 43.5 Å². The first-order valence-electron chi connectivity index (χ1n) is 4.12. The maximum absolute atomic E-state index is 11.1. The lowest BCUT2D eigenvalue weighted by Crippen LogP contribution is -2.08. The molecule has 18 heavy (non-hydrogen) atoms. The molecule has 1 rings (SSSR count). The van der Waals surface area contributed by atoms with Crippen LogP contribution in [-0.2, 0) is 0 Å². The van der Waals surface area contributed by atoms with Gasteiger partial charge in [0.1, 0.15) is 5.56 Å². The highest BCUT2D eigenvalue weighted by Crippen LogP contribution is 2.34. The Balaban J connectivity index is 3.82. The number of benzene rings is 1. The Hall–Kier alpha value is -2.06. The van der Waals surface area contributed by atoms with Gasteiger partial charge >= 0.3 is 11.4 Å². The third kappa shape index (κ3) is 2.44. The second-order valence-electron chi connectivity index (χ2n) is 2.92. The summed E-state index contributed by atoms with van der Waals surface area (Å²) in [6, 6.07) is 1.53. The lowest BCUT2D eigenvalue weighted by atomic mass is 10.1. The van der Waals surface area contributed by atoms with Crippen LogP contribution in [0.5, 0.6) is 0 Å². The van der Waals surface area contributed by atoms with Gasteiger partial charge in [-0.25, -0.2) is 0 Å². The predicted octanol–water partition coefficient (Wildman–Crippen LogP) is 2.26. The van der Waals surface area contributed by atoms with E-state index in [4.69, 9.17) is 23.2 Å². The van der Waals surface area contributed by atoms with E-state index in [0.29, 0.717) is 6.07 Å². The summed E-state index contributed by atoms with van der Waals surface area (Å²) < 4.78 is 0. The van der Waals surface area contributed by atoms with Gasteiger partial charge in [-0.1, -0.05) is 0 Å². The van der Waals surface area contributed by atoms with E-state index in [9.17, 15) is 29.8 Å². The molecule has 0 fully saturated rings. The number of nitro groups is 2. The van der Waals surface area contributed by atoms with Crippen LogP contribution in [0.1, 0.15) is 20.7 Å². The van der Waals surface area contributed by atoms with Gasteiger partial charge in [-0.15, -0.1) is 0 Å². The van der Waals surface area contributed by atoms with Gasteiger partial charge in [-0.05, 0) is 29.3 Å². The van der Waals surface area contributed by atoms with Gasteiger partial charge in [0, 0.05) is 6.07 Å². The van der Waals surface area contributed by atoms with Crippen molar-refractivity contribution in [1.29, 1.82) is 0 Å². The fraction of sp³-hybridized carbons (Fsp3) is 0. The molecule has 0 aliphatic rings. The third-order valence-corrected chi connectivity index (χ3v) is 2.34. The average Bonchev–Trinajstić information content (AvgIpc) is 2.26. The van der Waals surface area contributed by atoms with Crippen LogP contribution in [-0.4, -0.2) is 20.3 Å². The summed E-state index contributed by atoms with van der Waals surface area (Å²) in [5.41, 5.74) is -3.57. The molecule has 1 aromatic carbocycles. The Morgan fingerprint density at radius 3 is 1.89 bits per heavy atom. The van der Waals surface area contributed by atoms with Gasteiger partial charge in [0.2, 0.25) is 0 Å². The first-order chi connectivity index (χ1) is 8.27. The number of carbonyl (C=O) groups excluding carboxylic acids is 2. The zero-order chi connectivity index (χ0) is 14.0. The summed E-state index contributed by atoms with van der Waals surface area (Å²) in [6.07, 6.45) is 0. The molecule has 0 unspecified atom stereocenters. The van der Waals surface area contributed by atoms with Crippen molar-refractivity contribution in [3.63, 3.8) is 0 Å². The van der Waals surface area contributed by atoms with Crippen LogP contribution in [0.3, 0.4) is 0 Å². The minimum Gasteiger partial charge on any atom is -0.276 e. The molecule has 0 heterocycles. The van der Waals surface area contributed by atoms with Crippen molar-refractivity contribution in [2.24, 2.45) is 0 Å². The van der Waals surface area contributed by atoms with Gasteiger partial charge in [-0.2, -0.15) is 0 Å². The third-order valence-electron chi connectivity index (χ3n) is 1.94. The van der Waals surface area contributed by atoms with Crippen LogP contribution in [0.4, 0.5) is 11.4 Å². The number of hydrogen-bond donors (Lipinski definition) is 0. The Morgan fingerprint density at radius 1 is 1.00 bits per heavy atom. The molecule has 0 N–H and O–H groups in total. The molecular formula is C8H2Cl2N2O6. The van der Waals surface area contributed by atoms with Gasteiger partial charge in [0.15, 0.2) is 0 Å². The Morgan fingerprint density at radius 2 is 1.56 bits per heavy atom. The molecule has 0 aromatic heterocycles. The predicted molar refractivity (Wildman–Crippen MR) is 60.1 cm³/mol. The molecule has 10 heteroatoms. The first kappa shape index (κ1) is 14.0. The van der Waals surface area contributed by atoms with Crippen LogP contribution in [0.25, 0.3) is 0 Å². The lowest BCUT2D eigenvalue weighted by molar-refractivity contribution is -0.422. The van der Waals surface area contributed by atoms with Crippen LogP contribution in [0.15, 0.2) is 12.1 Å². The molecule has 0 saturated heterocycles. The number of nitro benzene ring substituents is 2. The summed E-state index contributed by atoms with van der Waals surface area (Å²) in [4.78, 5) is 41.2. The fourth-order valence-electron chi connectivity index (χ4n) is 1.28. The standard InChI is InChI=1S/C8H2Cl2N2O6/c9-7(13)3-1-2-4(11(15)16)6(12(17)18)5(3)8(10)14/h1-2H. The summed E-state index contributed by atoms with van der Waals surface area (Å²) in [5, 5.41) is 18.8. The number of hydrogen-bond acceptors (Lipinski definition) is 6. The molecule has 8 nitrogen and oxygen atoms in total. The summed E-state index contributed by atoms with van der Waals surface area (Å²) in [7, 11) is 0. The molecule has 0 aliphatic carbocycles. The van der Waals surface area contributed by atoms with E-state index in [1.807, 2.05) is 0 Å². The molecule has 0 aliphatic heterocycles. The lowest BCUT2D eigenvalue weighted by Gasteiger charge is -2.03. The number of halogens is 2. The van der Waals surface area contributed by atoms with Crippen molar-refractivity contribution >= 4 is 45.1 Å². The minimum absolute atomic E-state index is 0.561. The molecule has 0 atom stereocenters. The summed E-state index contributed by atoms with van der Waals surface area (Å²) >= 11 is 10.2. The van der Waals surface area contributed by atoms with E-state index in [1.165, 1.54) is 0 Å². The summed E-state index contributed by atoms with van der Waals surface area (Å²) in [6.45, 7) is 0. The van der Waals surface area contributed by atoms with E-state index in [-0.39, 0.29) is 0 Å². The van der Waals surface area contributed by atoms with Crippen LogP contribution >= 0.6 is 23.2 Å². The number of nitrogens with zero attached hydrogens (tertiary/aromatic N) is 2. The largest absolute Gasteiger partial charge is 0.358 e. The van der Waals surface area contributed by atoms with Crippen molar-refractivity contribution in [2.75, 3.05) is 0 Å². The maximum Gasteiger partial charge on any atom is 0.358 e. The van der Waals surface area contributed by atoms with Gasteiger partial charge in [0.05, 0.1) is 15.4 Å². The Labute approximate surface area is 108 Å². The molecule has 0 spiro atoms. The van der Waals surface area contributed by atoms with Crippen LogP contribution in [0, 0.1) is 20.2 Å². The molecular weight excluding hydrogens is 291 g/mol. The van der Waals surface area contributed by atoms with E-state index in [0.717, 1.165) is 6.07 Å². The van der Waals surface area contributed by atoms with E-state index in [1.54, 1.807) is 0 Å². The van der Waals surface area contributed by atoms with Gasteiger partial charge < -0.3 is 0 Å². The molecule has 0 radical (unpaired) electrons. The highest BCUT2D eigenvalue weighted by molar-refractivity contribution is 6.72. The van der Waals surface area contributed by atoms with E-state index >= 15 is 0 Å². The van der Waals surface area contributed by atoms with E-state index in [2.05, 4.69) is 0 Å². The van der Waals surface area contributed by atoms with E-state index < -0.39 is 42.8 Å².